The molecule has 5 nitrogen and oxygen atoms in total. The van der Waals surface area contributed by atoms with Gasteiger partial charge in [-0.2, -0.15) is 0 Å². The topological polar surface area (TPSA) is 51.9 Å². The summed E-state index contributed by atoms with van der Waals surface area (Å²) in [7, 11) is 1.61. The number of furan rings is 1. The molecule has 1 aliphatic rings. The number of nitrogens with zero attached hydrogens (tertiary/aromatic N) is 1. The summed E-state index contributed by atoms with van der Waals surface area (Å²) in [4.78, 5) is 14.6. The minimum absolute atomic E-state index is 0.0125. The Bertz CT molecular complexity index is 994. The molecule has 3 aromatic rings. The first-order valence-electron chi connectivity index (χ1n) is 9.07. The zero-order chi connectivity index (χ0) is 19.1. The number of rotatable bonds is 4. The summed E-state index contributed by atoms with van der Waals surface area (Å²) in [5, 5.41) is 0.933. The number of likely N-dealkylation sites (tertiary alicyclic amines) is 1. The molecule has 0 saturated carbocycles. The molecule has 0 atom stereocenters. The Morgan fingerprint density at radius 3 is 2.48 bits per heavy atom. The van der Waals surface area contributed by atoms with E-state index in [9.17, 15) is 4.79 Å². The van der Waals surface area contributed by atoms with Crippen molar-refractivity contribution in [2.45, 2.75) is 26.9 Å². The van der Waals surface area contributed by atoms with E-state index in [0.29, 0.717) is 30.2 Å². The number of carbonyl (C=O) groups is 1. The van der Waals surface area contributed by atoms with Gasteiger partial charge in [0.25, 0.3) is 5.91 Å². The van der Waals surface area contributed by atoms with Crippen molar-refractivity contribution in [2.24, 2.45) is 0 Å². The fourth-order valence-corrected chi connectivity index (χ4v) is 3.51. The third-order valence-corrected chi connectivity index (χ3v) is 5.17. The lowest BCUT2D eigenvalue weighted by Gasteiger charge is -2.39. The monoisotopic (exact) mass is 365 g/mol. The maximum atomic E-state index is 12.8. The van der Waals surface area contributed by atoms with E-state index in [-0.39, 0.29) is 12.0 Å². The molecule has 0 aliphatic carbocycles. The van der Waals surface area contributed by atoms with E-state index in [1.54, 1.807) is 12.0 Å². The van der Waals surface area contributed by atoms with Crippen LogP contribution in [0.1, 0.15) is 27.2 Å². The molecular formula is C22H23NO4. The molecule has 1 saturated heterocycles. The fourth-order valence-electron chi connectivity index (χ4n) is 3.51. The van der Waals surface area contributed by atoms with E-state index in [2.05, 4.69) is 0 Å². The van der Waals surface area contributed by atoms with Gasteiger partial charge in [0.1, 0.15) is 23.2 Å². The number of carbonyl (C=O) groups excluding carboxylic acids is 1. The van der Waals surface area contributed by atoms with E-state index < -0.39 is 0 Å². The van der Waals surface area contributed by atoms with Crippen molar-refractivity contribution in [2.75, 3.05) is 20.2 Å². The molecule has 0 N–H and O–H groups in total. The third kappa shape index (κ3) is 3.03. The average molecular weight is 365 g/mol. The Morgan fingerprint density at radius 1 is 1.11 bits per heavy atom. The number of para-hydroxylation sites is 1. The summed E-state index contributed by atoms with van der Waals surface area (Å²) < 4.78 is 17.2. The predicted molar refractivity (Wildman–Crippen MR) is 104 cm³/mol. The molecule has 2 aromatic carbocycles. The summed E-state index contributed by atoms with van der Waals surface area (Å²) in [6, 6.07) is 11.7. The Morgan fingerprint density at radius 2 is 1.81 bits per heavy atom. The van der Waals surface area contributed by atoms with Crippen LogP contribution in [0, 0.1) is 20.8 Å². The van der Waals surface area contributed by atoms with Gasteiger partial charge in [0.15, 0.2) is 5.76 Å². The Kier molecular flexibility index (Phi) is 4.30. The Labute approximate surface area is 158 Å². The fraction of sp³-hybridized carbons (Fsp3) is 0.318. The smallest absolute Gasteiger partial charge is 0.290 e. The molecule has 140 valence electrons. The second-order valence-electron chi connectivity index (χ2n) is 7.09. The number of amides is 1. The minimum atomic E-state index is -0.0935. The van der Waals surface area contributed by atoms with Gasteiger partial charge in [0.2, 0.25) is 0 Å². The lowest BCUT2D eigenvalue weighted by atomic mass is 10.1. The van der Waals surface area contributed by atoms with Crippen molar-refractivity contribution in [3.63, 3.8) is 0 Å². The first-order chi connectivity index (χ1) is 13.0. The van der Waals surface area contributed by atoms with E-state index in [0.717, 1.165) is 27.8 Å². The molecular weight excluding hydrogens is 342 g/mol. The molecule has 1 aromatic heterocycles. The van der Waals surface area contributed by atoms with Crippen LogP contribution in [0.3, 0.4) is 0 Å². The van der Waals surface area contributed by atoms with E-state index >= 15 is 0 Å². The first kappa shape index (κ1) is 17.5. The molecule has 5 heteroatoms. The van der Waals surface area contributed by atoms with Crippen molar-refractivity contribution in [3.05, 3.63) is 58.8 Å². The summed E-state index contributed by atoms with van der Waals surface area (Å²) in [5.41, 5.74) is 3.75. The van der Waals surface area contributed by atoms with E-state index in [1.165, 1.54) is 0 Å². The maximum Gasteiger partial charge on any atom is 0.290 e. The lowest BCUT2D eigenvalue weighted by Crippen LogP contribution is -2.56. The number of methoxy groups -OCH3 is 1. The first-order valence-corrected chi connectivity index (χ1v) is 9.07. The predicted octanol–water partition coefficient (Wildman–Crippen LogP) is 4.27. The molecule has 1 amide bonds. The van der Waals surface area contributed by atoms with Crippen molar-refractivity contribution >= 4 is 16.9 Å². The molecule has 1 aliphatic heterocycles. The van der Waals surface area contributed by atoms with Crippen LogP contribution in [0.25, 0.3) is 11.0 Å². The highest BCUT2D eigenvalue weighted by atomic mass is 16.5. The minimum Gasteiger partial charge on any atom is -0.497 e. The number of hydrogen-bond donors (Lipinski definition) is 0. The normalized spacial score (nSPS) is 14.3. The van der Waals surface area contributed by atoms with Crippen LogP contribution in [0.5, 0.6) is 11.5 Å². The molecule has 1 fully saturated rings. The van der Waals surface area contributed by atoms with Crippen LogP contribution < -0.4 is 9.47 Å². The van der Waals surface area contributed by atoms with E-state index in [1.807, 2.05) is 57.2 Å². The number of benzene rings is 2. The van der Waals surface area contributed by atoms with Crippen molar-refractivity contribution in [3.8, 4) is 11.5 Å². The van der Waals surface area contributed by atoms with Gasteiger partial charge >= 0.3 is 0 Å². The van der Waals surface area contributed by atoms with Crippen molar-refractivity contribution < 1.29 is 18.7 Å². The Hall–Kier alpha value is -2.95. The molecule has 0 spiro atoms. The van der Waals surface area contributed by atoms with Gasteiger partial charge in [-0.25, -0.2) is 0 Å². The summed E-state index contributed by atoms with van der Waals surface area (Å²) in [5.74, 6) is 1.93. The lowest BCUT2D eigenvalue weighted by molar-refractivity contribution is 0.0151. The van der Waals surface area contributed by atoms with Gasteiger partial charge in [0, 0.05) is 17.0 Å². The van der Waals surface area contributed by atoms with Crippen LogP contribution >= 0.6 is 0 Å². The van der Waals surface area contributed by atoms with Gasteiger partial charge in [-0.15, -0.1) is 0 Å². The van der Waals surface area contributed by atoms with Crippen LogP contribution in [0.15, 0.2) is 40.8 Å². The van der Waals surface area contributed by atoms with Crippen molar-refractivity contribution in [1.82, 2.24) is 4.90 Å². The summed E-state index contributed by atoms with van der Waals surface area (Å²) in [6.07, 6.45) is 0.0125. The van der Waals surface area contributed by atoms with Crippen LogP contribution in [-0.2, 0) is 0 Å². The number of hydrogen-bond acceptors (Lipinski definition) is 4. The second kappa shape index (κ2) is 6.65. The molecule has 4 rings (SSSR count). The quantitative estimate of drug-likeness (QED) is 0.693. The highest BCUT2D eigenvalue weighted by Gasteiger charge is 2.35. The highest BCUT2D eigenvalue weighted by molar-refractivity contribution is 5.99. The van der Waals surface area contributed by atoms with Crippen LogP contribution in [0.4, 0.5) is 0 Å². The number of ether oxygens (including phenoxy) is 2. The molecule has 0 unspecified atom stereocenters. The average Bonchev–Trinajstić information content (AvgIpc) is 2.95. The van der Waals surface area contributed by atoms with Crippen LogP contribution in [-0.4, -0.2) is 37.1 Å². The summed E-state index contributed by atoms with van der Waals surface area (Å²) >= 11 is 0. The third-order valence-electron chi connectivity index (χ3n) is 5.17. The molecule has 27 heavy (non-hydrogen) atoms. The van der Waals surface area contributed by atoms with Gasteiger partial charge < -0.3 is 18.8 Å². The van der Waals surface area contributed by atoms with Gasteiger partial charge in [0.05, 0.1) is 20.2 Å². The summed E-state index contributed by atoms with van der Waals surface area (Å²) in [6.45, 7) is 7.11. The zero-order valence-electron chi connectivity index (χ0n) is 16.0. The van der Waals surface area contributed by atoms with Gasteiger partial charge in [-0.05, 0) is 44.0 Å². The second-order valence-corrected chi connectivity index (χ2v) is 7.09. The Balaban J connectivity index is 1.48. The molecule has 2 heterocycles. The number of fused-ring (bicyclic) bond motifs is 1. The number of aryl methyl sites for hydroxylation is 3. The molecule has 0 radical (unpaired) electrons. The maximum absolute atomic E-state index is 12.8. The largest absolute Gasteiger partial charge is 0.497 e. The highest BCUT2D eigenvalue weighted by Crippen LogP contribution is 2.31. The van der Waals surface area contributed by atoms with Crippen LogP contribution in [0.2, 0.25) is 0 Å². The zero-order valence-corrected chi connectivity index (χ0v) is 16.0. The standard InChI is InChI=1S/C22H23NO4/c1-13-6-5-7-14(2)20(13)26-17-11-23(12-17)22(24)21-15(3)18-9-8-16(25-4)10-19(18)27-21/h5-10,17H,11-12H2,1-4H3. The molecule has 0 bridgehead atoms. The van der Waals surface area contributed by atoms with Crippen molar-refractivity contribution in [1.29, 1.82) is 0 Å². The SMILES string of the molecule is COc1ccc2c(C)c(C(=O)N3CC(Oc4c(C)cccc4C)C3)oc2c1. The van der Waals surface area contributed by atoms with E-state index in [4.69, 9.17) is 13.9 Å². The van der Waals surface area contributed by atoms with Gasteiger partial charge in [-0.3, -0.25) is 4.79 Å². The van der Waals surface area contributed by atoms with Gasteiger partial charge in [-0.1, -0.05) is 18.2 Å².